The van der Waals surface area contributed by atoms with Crippen LogP contribution in [0.3, 0.4) is 0 Å². The minimum Gasteiger partial charge on any atom is -0.497 e. The third-order valence-corrected chi connectivity index (χ3v) is 5.83. The predicted molar refractivity (Wildman–Crippen MR) is 101 cm³/mol. The number of nitrogens with zero attached hydrogens (tertiary/aromatic N) is 1. The number of carboxylic acids is 1. The molecule has 1 heterocycles. The number of likely N-dealkylation sites (tertiary alicyclic amines) is 1. The molecule has 1 aliphatic carbocycles. The summed E-state index contributed by atoms with van der Waals surface area (Å²) in [6.45, 7) is 5.64. The van der Waals surface area contributed by atoms with Gasteiger partial charge in [-0.2, -0.15) is 0 Å². The van der Waals surface area contributed by atoms with Crippen LogP contribution in [0.1, 0.15) is 51.0 Å². The summed E-state index contributed by atoms with van der Waals surface area (Å²) >= 11 is 0. The Balaban J connectivity index is 1.65. The molecule has 1 aliphatic heterocycles. The number of rotatable bonds is 6. The van der Waals surface area contributed by atoms with Crippen LogP contribution in [-0.4, -0.2) is 54.4 Å². The lowest BCUT2D eigenvalue weighted by Gasteiger charge is -2.35. The lowest BCUT2D eigenvalue weighted by atomic mass is 9.89. The van der Waals surface area contributed by atoms with Crippen LogP contribution in [0, 0.1) is 5.92 Å². The minimum absolute atomic E-state index is 0.0445. The molecular weight excluding hydrogens is 330 g/mol. The molecule has 0 spiro atoms. The first kappa shape index (κ1) is 19.2. The van der Waals surface area contributed by atoms with Crippen molar-refractivity contribution in [3.63, 3.8) is 0 Å². The summed E-state index contributed by atoms with van der Waals surface area (Å²) in [5.41, 5.74) is 1.09. The van der Waals surface area contributed by atoms with Gasteiger partial charge < -0.3 is 14.6 Å². The van der Waals surface area contributed by atoms with Crippen LogP contribution in [-0.2, 0) is 9.53 Å². The summed E-state index contributed by atoms with van der Waals surface area (Å²) in [6.07, 6.45) is 4.98. The normalized spacial score (nSPS) is 29.8. The van der Waals surface area contributed by atoms with Gasteiger partial charge in [0, 0.05) is 25.0 Å². The zero-order chi connectivity index (χ0) is 18.7. The van der Waals surface area contributed by atoms with Crippen LogP contribution in [0.2, 0.25) is 0 Å². The Morgan fingerprint density at radius 3 is 2.31 bits per heavy atom. The summed E-state index contributed by atoms with van der Waals surface area (Å²) in [5.74, 6) is -0.180. The van der Waals surface area contributed by atoms with Gasteiger partial charge in [0.25, 0.3) is 0 Å². The highest BCUT2D eigenvalue weighted by atomic mass is 16.5. The lowest BCUT2D eigenvalue weighted by molar-refractivity contribution is -0.141. The Hall–Kier alpha value is -1.59. The SMILES string of the molecule is COc1ccc([C@@H]2CN(C3CCC(OC(C)C)CC3)CC2C(=O)O)cc1. The number of hydrogen-bond acceptors (Lipinski definition) is 4. The van der Waals surface area contributed by atoms with E-state index in [4.69, 9.17) is 9.47 Å². The van der Waals surface area contributed by atoms with Crippen LogP contribution in [0.25, 0.3) is 0 Å². The van der Waals surface area contributed by atoms with Crippen molar-refractivity contribution in [2.75, 3.05) is 20.2 Å². The quantitative estimate of drug-likeness (QED) is 0.840. The molecule has 0 aromatic heterocycles. The van der Waals surface area contributed by atoms with E-state index in [0.29, 0.717) is 18.7 Å². The van der Waals surface area contributed by atoms with Crippen LogP contribution in [0.5, 0.6) is 5.75 Å². The second-order valence-corrected chi connectivity index (χ2v) is 7.89. The molecule has 26 heavy (non-hydrogen) atoms. The van der Waals surface area contributed by atoms with E-state index in [1.165, 1.54) is 0 Å². The second-order valence-electron chi connectivity index (χ2n) is 7.89. The zero-order valence-corrected chi connectivity index (χ0v) is 16.1. The summed E-state index contributed by atoms with van der Waals surface area (Å²) < 4.78 is 11.2. The fourth-order valence-corrected chi connectivity index (χ4v) is 4.50. The van der Waals surface area contributed by atoms with Gasteiger partial charge in [-0.05, 0) is 57.2 Å². The molecule has 0 radical (unpaired) electrons. The van der Waals surface area contributed by atoms with Crippen molar-refractivity contribution in [1.82, 2.24) is 4.90 Å². The molecule has 0 bridgehead atoms. The fraction of sp³-hybridized carbons (Fsp3) is 0.667. The Morgan fingerprint density at radius 1 is 1.12 bits per heavy atom. The Labute approximate surface area is 156 Å². The highest BCUT2D eigenvalue weighted by Crippen LogP contribution is 2.37. The number of carboxylic acid groups (broad SMARTS) is 1. The highest BCUT2D eigenvalue weighted by Gasteiger charge is 2.41. The van der Waals surface area contributed by atoms with Gasteiger partial charge in [-0.15, -0.1) is 0 Å². The van der Waals surface area contributed by atoms with Crippen molar-refractivity contribution in [2.45, 2.75) is 63.7 Å². The van der Waals surface area contributed by atoms with E-state index < -0.39 is 5.97 Å². The molecule has 1 unspecified atom stereocenters. The molecule has 1 N–H and O–H groups in total. The van der Waals surface area contributed by atoms with Gasteiger partial charge in [0.15, 0.2) is 0 Å². The molecule has 5 heteroatoms. The molecular formula is C21H31NO4. The number of benzene rings is 1. The first-order valence-corrected chi connectivity index (χ1v) is 9.74. The third-order valence-electron chi connectivity index (χ3n) is 5.83. The number of ether oxygens (including phenoxy) is 2. The van der Waals surface area contributed by atoms with E-state index in [-0.39, 0.29) is 17.9 Å². The summed E-state index contributed by atoms with van der Waals surface area (Å²) in [4.78, 5) is 14.2. The number of methoxy groups -OCH3 is 1. The molecule has 1 saturated heterocycles. The van der Waals surface area contributed by atoms with Gasteiger partial charge in [0.2, 0.25) is 0 Å². The van der Waals surface area contributed by atoms with Crippen molar-refractivity contribution in [2.24, 2.45) is 5.92 Å². The first-order valence-electron chi connectivity index (χ1n) is 9.74. The maximum atomic E-state index is 11.8. The molecule has 3 rings (SSSR count). The average molecular weight is 361 g/mol. The van der Waals surface area contributed by atoms with E-state index in [1.54, 1.807) is 7.11 Å². The minimum atomic E-state index is -0.690. The molecule has 2 aliphatic rings. The van der Waals surface area contributed by atoms with Crippen molar-refractivity contribution in [1.29, 1.82) is 0 Å². The monoisotopic (exact) mass is 361 g/mol. The summed E-state index contributed by atoms with van der Waals surface area (Å²) in [5, 5.41) is 9.73. The van der Waals surface area contributed by atoms with E-state index in [1.807, 2.05) is 24.3 Å². The number of hydrogen-bond donors (Lipinski definition) is 1. The second kappa shape index (κ2) is 8.40. The third kappa shape index (κ3) is 4.38. The molecule has 1 aromatic carbocycles. The Kier molecular flexibility index (Phi) is 6.20. The van der Waals surface area contributed by atoms with Gasteiger partial charge in [-0.25, -0.2) is 0 Å². The molecule has 2 fully saturated rings. The van der Waals surface area contributed by atoms with Crippen molar-refractivity contribution < 1.29 is 19.4 Å². The van der Waals surface area contributed by atoms with Gasteiger partial charge in [-0.3, -0.25) is 9.69 Å². The van der Waals surface area contributed by atoms with Crippen LogP contribution < -0.4 is 4.74 Å². The van der Waals surface area contributed by atoms with Crippen molar-refractivity contribution in [3.05, 3.63) is 29.8 Å². The number of aliphatic carboxylic acids is 1. The van der Waals surface area contributed by atoms with Crippen molar-refractivity contribution in [3.8, 4) is 5.75 Å². The van der Waals surface area contributed by atoms with Gasteiger partial charge >= 0.3 is 5.97 Å². The topological polar surface area (TPSA) is 59.0 Å². The Morgan fingerprint density at radius 2 is 1.77 bits per heavy atom. The average Bonchev–Trinajstić information content (AvgIpc) is 3.07. The molecule has 1 aromatic rings. The van der Waals surface area contributed by atoms with Crippen LogP contribution in [0.4, 0.5) is 0 Å². The summed E-state index contributed by atoms with van der Waals surface area (Å²) in [7, 11) is 1.64. The largest absolute Gasteiger partial charge is 0.497 e. The highest BCUT2D eigenvalue weighted by molar-refractivity contribution is 5.72. The van der Waals surface area contributed by atoms with Crippen LogP contribution >= 0.6 is 0 Å². The molecule has 0 amide bonds. The van der Waals surface area contributed by atoms with E-state index >= 15 is 0 Å². The standard InChI is InChI=1S/C21H31NO4/c1-14(2)26-18-10-6-16(7-11-18)22-12-19(20(13-22)21(23)24)15-4-8-17(25-3)9-5-15/h4-5,8-9,14,16,18-20H,6-7,10-13H2,1-3H3,(H,23,24)/t16?,18?,19-,20?/m0/s1. The van der Waals surface area contributed by atoms with E-state index in [2.05, 4.69) is 18.7 Å². The lowest BCUT2D eigenvalue weighted by Crippen LogP contribution is -2.39. The predicted octanol–water partition coefficient (Wildman–Crippen LogP) is 3.53. The van der Waals surface area contributed by atoms with Gasteiger partial charge in [0.1, 0.15) is 5.75 Å². The molecule has 2 atom stereocenters. The van der Waals surface area contributed by atoms with Crippen LogP contribution in [0.15, 0.2) is 24.3 Å². The Bertz CT molecular complexity index is 593. The molecule has 144 valence electrons. The van der Waals surface area contributed by atoms with Gasteiger partial charge in [0.05, 0.1) is 25.2 Å². The smallest absolute Gasteiger partial charge is 0.308 e. The maximum absolute atomic E-state index is 11.8. The fourth-order valence-electron chi connectivity index (χ4n) is 4.50. The van der Waals surface area contributed by atoms with E-state index in [9.17, 15) is 9.90 Å². The zero-order valence-electron chi connectivity index (χ0n) is 16.1. The van der Waals surface area contributed by atoms with Crippen molar-refractivity contribution >= 4 is 5.97 Å². The summed E-state index contributed by atoms with van der Waals surface area (Å²) in [6, 6.07) is 8.34. The first-order chi connectivity index (χ1) is 12.5. The molecule has 1 saturated carbocycles. The maximum Gasteiger partial charge on any atom is 0.308 e. The number of carbonyl (C=O) groups is 1. The van der Waals surface area contributed by atoms with E-state index in [0.717, 1.165) is 43.5 Å². The van der Waals surface area contributed by atoms with Gasteiger partial charge in [-0.1, -0.05) is 12.1 Å². The molecule has 5 nitrogen and oxygen atoms in total.